The fourth-order valence-corrected chi connectivity index (χ4v) is 4.03. The molecule has 1 heterocycles. The van der Waals surface area contributed by atoms with Gasteiger partial charge in [0.1, 0.15) is 6.10 Å². The van der Waals surface area contributed by atoms with Gasteiger partial charge in [0.05, 0.1) is 11.5 Å². The van der Waals surface area contributed by atoms with Crippen LogP contribution in [-0.2, 0) is 23.8 Å². The lowest BCUT2D eigenvalue weighted by Crippen LogP contribution is -2.27. The Balaban J connectivity index is 1.76. The van der Waals surface area contributed by atoms with Crippen molar-refractivity contribution in [2.45, 2.75) is 43.5 Å². The summed E-state index contributed by atoms with van der Waals surface area (Å²) in [6.45, 7) is 2.34. The molecule has 0 saturated carbocycles. The molecule has 7 heteroatoms. The second-order valence-electron chi connectivity index (χ2n) is 6.49. The van der Waals surface area contributed by atoms with Gasteiger partial charge in [0.2, 0.25) is 0 Å². The van der Waals surface area contributed by atoms with E-state index in [9.17, 15) is 8.42 Å². The zero-order chi connectivity index (χ0) is 19.3. The van der Waals surface area contributed by atoms with E-state index in [1.807, 2.05) is 19.1 Å². The van der Waals surface area contributed by atoms with Gasteiger partial charge in [-0.2, -0.15) is 8.42 Å². The van der Waals surface area contributed by atoms with Crippen LogP contribution < -0.4 is 0 Å². The highest BCUT2D eigenvalue weighted by molar-refractivity contribution is 7.86. The molecule has 2 aromatic carbocycles. The number of rotatable bonds is 7. The molecule has 0 radical (unpaired) electrons. The Hall–Kier alpha value is -1.44. The summed E-state index contributed by atoms with van der Waals surface area (Å²) in [6.07, 6.45) is 1.70. The highest BCUT2D eigenvalue weighted by atomic mass is 35.5. The molecule has 1 unspecified atom stereocenters. The van der Waals surface area contributed by atoms with Gasteiger partial charge in [-0.3, -0.25) is 4.18 Å². The Labute approximate surface area is 165 Å². The molecule has 0 amide bonds. The van der Waals surface area contributed by atoms with Crippen LogP contribution in [0.15, 0.2) is 53.4 Å². The Morgan fingerprint density at radius 2 is 1.89 bits per heavy atom. The standard InChI is InChI=1S/C20H23ClO5S/c1-15-9-11-16(12-10-15)27(22,23)25-14-19(17-6-2-3-7-18(17)21)26-20-8-4-5-13-24-20/h2-3,6-7,9-12,19-20H,4-5,8,13-14H2,1H3/t19-,20?/m0/s1. The number of benzene rings is 2. The van der Waals surface area contributed by atoms with Gasteiger partial charge in [-0.1, -0.05) is 47.5 Å². The third kappa shape index (κ3) is 5.53. The van der Waals surface area contributed by atoms with E-state index in [1.165, 1.54) is 12.1 Å². The van der Waals surface area contributed by atoms with Gasteiger partial charge in [0.25, 0.3) is 10.1 Å². The molecule has 0 aromatic heterocycles. The summed E-state index contributed by atoms with van der Waals surface area (Å²) in [6, 6.07) is 13.7. The van der Waals surface area contributed by atoms with Crippen molar-refractivity contribution in [3.63, 3.8) is 0 Å². The molecule has 1 saturated heterocycles. The van der Waals surface area contributed by atoms with E-state index in [-0.39, 0.29) is 11.5 Å². The van der Waals surface area contributed by atoms with Gasteiger partial charge in [0.15, 0.2) is 6.29 Å². The van der Waals surface area contributed by atoms with Crippen molar-refractivity contribution in [2.24, 2.45) is 0 Å². The fourth-order valence-electron chi connectivity index (χ4n) is 2.86. The molecule has 3 rings (SSSR count). The predicted molar refractivity (Wildman–Crippen MR) is 103 cm³/mol. The second-order valence-corrected chi connectivity index (χ2v) is 8.52. The largest absolute Gasteiger partial charge is 0.353 e. The van der Waals surface area contributed by atoms with Crippen LogP contribution in [0.3, 0.4) is 0 Å². The van der Waals surface area contributed by atoms with Crippen molar-refractivity contribution in [1.29, 1.82) is 0 Å². The molecule has 0 bridgehead atoms. The van der Waals surface area contributed by atoms with Crippen LogP contribution in [0.2, 0.25) is 5.02 Å². The van der Waals surface area contributed by atoms with Crippen LogP contribution in [-0.4, -0.2) is 27.9 Å². The van der Waals surface area contributed by atoms with Gasteiger partial charge in [0, 0.05) is 17.2 Å². The van der Waals surface area contributed by atoms with Crippen molar-refractivity contribution in [3.8, 4) is 0 Å². The summed E-state index contributed by atoms with van der Waals surface area (Å²) in [5.74, 6) is 0. The van der Waals surface area contributed by atoms with Crippen molar-refractivity contribution >= 4 is 21.7 Å². The summed E-state index contributed by atoms with van der Waals surface area (Å²) < 4.78 is 42.0. The van der Waals surface area contributed by atoms with Crippen LogP contribution in [0.1, 0.15) is 36.5 Å². The highest BCUT2D eigenvalue weighted by Gasteiger charge is 2.26. The van der Waals surface area contributed by atoms with Gasteiger partial charge in [-0.15, -0.1) is 0 Å². The molecule has 2 atom stereocenters. The van der Waals surface area contributed by atoms with Gasteiger partial charge >= 0.3 is 0 Å². The molecule has 0 spiro atoms. The van der Waals surface area contributed by atoms with Gasteiger partial charge in [-0.25, -0.2) is 0 Å². The predicted octanol–water partition coefficient (Wildman–Crippen LogP) is 4.64. The third-order valence-electron chi connectivity index (χ3n) is 4.39. The maximum atomic E-state index is 12.5. The molecule has 2 aromatic rings. The monoisotopic (exact) mass is 410 g/mol. The summed E-state index contributed by atoms with van der Waals surface area (Å²) in [5.41, 5.74) is 1.65. The Morgan fingerprint density at radius 3 is 2.56 bits per heavy atom. The lowest BCUT2D eigenvalue weighted by atomic mass is 10.1. The molecule has 27 heavy (non-hydrogen) atoms. The topological polar surface area (TPSA) is 61.8 Å². The first-order valence-corrected chi connectivity index (χ1v) is 10.7. The van der Waals surface area contributed by atoms with E-state index >= 15 is 0 Å². The summed E-state index contributed by atoms with van der Waals surface area (Å²) in [7, 11) is -3.90. The zero-order valence-corrected chi connectivity index (χ0v) is 16.7. The average Bonchev–Trinajstić information content (AvgIpc) is 2.67. The van der Waals surface area contributed by atoms with E-state index < -0.39 is 22.5 Å². The second kappa shape index (κ2) is 9.17. The lowest BCUT2D eigenvalue weighted by Gasteiger charge is -2.28. The first-order chi connectivity index (χ1) is 13.0. The van der Waals surface area contributed by atoms with E-state index in [1.54, 1.807) is 24.3 Å². The molecule has 0 aliphatic carbocycles. The van der Waals surface area contributed by atoms with E-state index in [2.05, 4.69) is 0 Å². The molecule has 1 aliphatic rings. The molecule has 146 valence electrons. The minimum atomic E-state index is -3.90. The van der Waals surface area contributed by atoms with E-state index in [0.29, 0.717) is 17.2 Å². The lowest BCUT2D eigenvalue weighted by molar-refractivity contribution is -0.195. The van der Waals surface area contributed by atoms with Gasteiger partial charge in [-0.05, 0) is 44.4 Å². The van der Waals surface area contributed by atoms with Crippen molar-refractivity contribution in [2.75, 3.05) is 13.2 Å². The number of ether oxygens (including phenoxy) is 2. The SMILES string of the molecule is Cc1ccc(S(=O)(=O)OC[C@H](OC2CCCCO2)c2ccccc2Cl)cc1. The van der Waals surface area contributed by atoms with E-state index in [0.717, 1.165) is 24.8 Å². The molecular weight excluding hydrogens is 388 g/mol. The van der Waals surface area contributed by atoms with Crippen molar-refractivity contribution in [1.82, 2.24) is 0 Å². The van der Waals surface area contributed by atoms with Crippen LogP contribution >= 0.6 is 11.6 Å². The first kappa shape index (κ1) is 20.3. The van der Waals surface area contributed by atoms with Crippen LogP contribution in [0.25, 0.3) is 0 Å². The Kier molecular flexibility index (Phi) is 6.89. The minimum Gasteiger partial charge on any atom is -0.353 e. The molecule has 1 aliphatic heterocycles. The zero-order valence-electron chi connectivity index (χ0n) is 15.1. The van der Waals surface area contributed by atoms with Crippen LogP contribution in [0.5, 0.6) is 0 Å². The van der Waals surface area contributed by atoms with E-state index in [4.69, 9.17) is 25.3 Å². The Bertz CT molecular complexity index is 845. The van der Waals surface area contributed by atoms with Crippen LogP contribution in [0, 0.1) is 6.92 Å². The Morgan fingerprint density at radius 1 is 1.15 bits per heavy atom. The molecule has 5 nitrogen and oxygen atoms in total. The smallest absolute Gasteiger partial charge is 0.297 e. The van der Waals surface area contributed by atoms with Crippen molar-refractivity contribution < 1.29 is 22.1 Å². The average molecular weight is 411 g/mol. The molecule has 0 N–H and O–H groups in total. The number of hydrogen-bond acceptors (Lipinski definition) is 5. The van der Waals surface area contributed by atoms with Crippen molar-refractivity contribution in [3.05, 3.63) is 64.7 Å². The van der Waals surface area contributed by atoms with Crippen LogP contribution in [0.4, 0.5) is 0 Å². The summed E-state index contributed by atoms with van der Waals surface area (Å²) in [5, 5.41) is 0.495. The maximum Gasteiger partial charge on any atom is 0.297 e. The quantitative estimate of drug-likeness (QED) is 0.622. The number of aryl methyl sites for hydroxylation is 1. The summed E-state index contributed by atoms with van der Waals surface area (Å²) >= 11 is 6.30. The third-order valence-corrected chi connectivity index (χ3v) is 6.03. The summed E-state index contributed by atoms with van der Waals surface area (Å²) in [4.78, 5) is 0.111. The number of hydrogen-bond donors (Lipinski definition) is 0. The molecule has 1 fully saturated rings. The highest BCUT2D eigenvalue weighted by Crippen LogP contribution is 2.30. The number of halogens is 1. The first-order valence-electron chi connectivity index (χ1n) is 8.93. The normalized spacial score (nSPS) is 19.0. The minimum absolute atomic E-state index is 0.111. The maximum absolute atomic E-state index is 12.5. The van der Waals surface area contributed by atoms with Gasteiger partial charge < -0.3 is 9.47 Å². The molecular formula is C20H23ClO5S. The fraction of sp³-hybridized carbons (Fsp3) is 0.400.